The van der Waals surface area contributed by atoms with E-state index in [1.165, 1.54) is 6.20 Å². The standard InChI is InChI=1S/C13H16N4O3S/c14-11-3-5-13(6-4-11)20-8-9-21(18,19)16-10-12-2-1-7-15-17-12/h1-7,16H,8-10,14H2. The predicted molar refractivity (Wildman–Crippen MR) is 79.0 cm³/mol. The van der Waals surface area contributed by atoms with Crippen molar-refractivity contribution in [3.63, 3.8) is 0 Å². The van der Waals surface area contributed by atoms with E-state index in [1.54, 1.807) is 36.4 Å². The van der Waals surface area contributed by atoms with Crippen molar-refractivity contribution < 1.29 is 13.2 Å². The van der Waals surface area contributed by atoms with E-state index in [1.807, 2.05) is 0 Å². The molecule has 7 nitrogen and oxygen atoms in total. The number of ether oxygens (including phenoxy) is 1. The molecule has 0 atom stereocenters. The Bertz CT molecular complexity index is 660. The minimum absolute atomic E-state index is 0.0553. The van der Waals surface area contributed by atoms with Crippen molar-refractivity contribution in [1.29, 1.82) is 0 Å². The van der Waals surface area contributed by atoms with Gasteiger partial charge in [-0.25, -0.2) is 13.1 Å². The van der Waals surface area contributed by atoms with Crippen LogP contribution >= 0.6 is 0 Å². The van der Waals surface area contributed by atoms with Crippen LogP contribution in [0, 0.1) is 0 Å². The molecule has 21 heavy (non-hydrogen) atoms. The van der Waals surface area contributed by atoms with Gasteiger partial charge < -0.3 is 10.5 Å². The van der Waals surface area contributed by atoms with Crippen molar-refractivity contribution in [2.75, 3.05) is 18.1 Å². The number of aromatic nitrogens is 2. The van der Waals surface area contributed by atoms with Crippen LogP contribution in [0.3, 0.4) is 0 Å². The second-order valence-corrected chi connectivity index (χ2v) is 6.20. The van der Waals surface area contributed by atoms with Crippen LogP contribution in [-0.2, 0) is 16.6 Å². The topological polar surface area (TPSA) is 107 Å². The molecular weight excluding hydrogens is 292 g/mol. The monoisotopic (exact) mass is 308 g/mol. The van der Waals surface area contributed by atoms with Gasteiger partial charge in [-0.15, -0.1) is 0 Å². The van der Waals surface area contributed by atoms with E-state index in [2.05, 4.69) is 14.9 Å². The molecule has 0 aliphatic heterocycles. The maximum atomic E-state index is 11.8. The van der Waals surface area contributed by atoms with Crippen molar-refractivity contribution >= 4 is 15.7 Å². The van der Waals surface area contributed by atoms with Crippen LogP contribution in [0.5, 0.6) is 5.75 Å². The molecule has 0 amide bonds. The zero-order valence-electron chi connectivity index (χ0n) is 11.3. The minimum atomic E-state index is -3.43. The van der Waals surface area contributed by atoms with Gasteiger partial charge in [0.1, 0.15) is 12.4 Å². The summed E-state index contributed by atoms with van der Waals surface area (Å²) in [5, 5.41) is 7.47. The number of anilines is 1. The molecule has 0 radical (unpaired) electrons. The molecule has 2 rings (SSSR count). The summed E-state index contributed by atoms with van der Waals surface area (Å²) in [6, 6.07) is 10.2. The first-order valence-corrected chi connectivity index (χ1v) is 7.93. The Kier molecular flexibility index (Phi) is 5.07. The number of sulfonamides is 1. The van der Waals surface area contributed by atoms with E-state index >= 15 is 0 Å². The molecule has 2 aromatic rings. The highest BCUT2D eigenvalue weighted by molar-refractivity contribution is 7.89. The lowest BCUT2D eigenvalue weighted by molar-refractivity contribution is 0.340. The highest BCUT2D eigenvalue weighted by atomic mass is 32.2. The van der Waals surface area contributed by atoms with Gasteiger partial charge in [0, 0.05) is 11.9 Å². The Labute approximate surface area is 123 Å². The third-order valence-corrected chi connectivity index (χ3v) is 3.89. The van der Waals surface area contributed by atoms with Gasteiger partial charge >= 0.3 is 0 Å². The number of nitrogen functional groups attached to an aromatic ring is 1. The smallest absolute Gasteiger partial charge is 0.215 e. The molecule has 8 heteroatoms. The van der Waals surface area contributed by atoms with E-state index in [9.17, 15) is 8.42 Å². The molecule has 0 unspecified atom stereocenters. The number of nitrogens with one attached hydrogen (secondary N) is 1. The summed E-state index contributed by atoms with van der Waals surface area (Å²) in [5.74, 6) is 0.436. The van der Waals surface area contributed by atoms with Crippen LogP contribution in [0.15, 0.2) is 42.6 Å². The number of benzene rings is 1. The first-order chi connectivity index (χ1) is 10.1. The molecule has 1 heterocycles. The largest absolute Gasteiger partial charge is 0.492 e. The summed E-state index contributed by atoms with van der Waals surface area (Å²) in [7, 11) is -3.43. The first-order valence-electron chi connectivity index (χ1n) is 6.27. The zero-order chi connectivity index (χ0) is 15.1. The lowest BCUT2D eigenvalue weighted by atomic mass is 10.3. The second kappa shape index (κ2) is 7.00. The highest BCUT2D eigenvalue weighted by Crippen LogP contribution is 2.12. The van der Waals surface area contributed by atoms with E-state index in [0.29, 0.717) is 17.1 Å². The number of hydrogen-bond donors (Lipinski definition) is 2. The first kappa shape index (κ1) is 15.2. The predicted octanol–water partition coefficient (Wildman–Crippen LogP) is 0.557. The third kappa shape index (κ3) is 5.36. The van der Waals surface area contributed by atoms with Crippen LogP contribution in [-0.4, -0.2) is 31.0 Å². The van der Waals surface area contributed by atoms with Crippen LogP contribution in [0.25, 0.3) is 0 Å². The molecule has 112 valence electrons. The van der Waals surface area contributed by atoms with Gasteiger partial charge in [0.2, 0.25) is 10.0 Å². The quantitative estimate of drug-likeness (QED) is 0.724. The van der Waals surface area contributed by atoms with E-state index in [-0.39, 0.29) is 18.9 Å². The van der Waals surface area contributed by atoms with Crippen LogP contribution < -0.4 is 15.2 Å². The number of nitrogens with zero attached hydrogens (tertiary/aromatic N) is 2. The molecule has 0 aliphatic carbocycles. The van der Waals surface area contributed by atoms with Crippen LogP contribution in [0.2, 0.25) is 0 Å². The van der Waals surface area contributed by atoms with Crippen LogP contribution in [0.1, 0.15) is 5.69 Å². The molecule has 0 fully saturated rings. The molecule has 0 saturated heterocycles. The Morgan fingerprint density at radius 1 is 1.19 bits per heavy atom. The van der Waals surface area contributed by atoms with Crippen molar-refractivity contribution in [3.05, 3.63) is 48.3 Å². The molecule has 0 aliphatic rings. The number of rotatable bonds is 7. The van der Waals surface area contributed by atoms with Crippen molar-refractivity contribution in [1.82, 2.24) is 14.9 Å². The maximum Gasteiger partial charge on any atom is 0.215 e. The van der Waals surface area contributed by atoms with Gasteiger partial charge in [-0.3, -0.25) is 0 Å². The fraction of sp³-hybridized carbons (Fsp3) is 0.231. The molecule has 0 saturated carbocycles. The molecule has 0 spiro atoms. The van der Waals surface area contributed by atoms with Gasteiger partial charge in [0.25, 0.3) is 0 Å². The van der Waals surface area contributed by atoms with Gasteiger partial charge in [-0.2, -0.15) is 10.2 Å². The summed E-state index contributed by atoms with van der Waals surface area (Å²) < 4.78 is 31.4. The van der Waals surface area contributed by atoms with Crippen LogP contribution in [0.4, 0.5) is 5.69 Å². The Balaban J connectivity index is 1.77. The minimum Gasteiger partial charge on any atom is -0.492 e. The second-order valence-electron chi connectivity index (χ2n) is 4.27. The number of nitrogens with two attached hydrogens (primary N) is 1. The van der Waals surface area contributed by atoms with Gasteiger partial charge in [-0.05, 0) is 36.4 Å². The Morgan fingerprint density at radius 2 is 1.95 bits per heavy atom. The summed E-state index contributed by atoms with van der Waals surface area (Å²) in [4.78, 5) is 0. The normalized spacial score (nSPS) is 11.2. The van der Waals surface area contributed by atoms with Crippen molar-refractivity contribution in [2.24, 2.45) is 0 Å². The van der Waals surface area contributed by atoms with E-state index < -0.39 is 10.0 Å². The van der Waals surface area contributed by atoms with Crippen molar-refractivity contribution in [2.45, 2.75) is 6.54 Å². The average molecular weight is 308 g/mol. The van der Waals surface area contributed by atoms with E-state index in [4.69, 9.17) is 10.5 Å². The highest BCUT2D eigenvalue weighted by Gasteiger charge is 2.10. The summed E-state index contributed by atoms with van der Waals surface area (Å²) in [5.41, 5.74) is 6.73. The molecule has 3 N–H and O–H groups in total. The SMILES string of the molecule is Nc1ccc(OCCS(=O)(=O)NCc2cccnn2)cc1. The Morgan fingerprint density at radius 3 is 2.62 bits per heavy atom. The number of hydrogen-bond acceptors (Lipinski definition) is 6. The van der Waals surface area contributed by atoms with Crippen molar-refractivity contribution in [3.8, 4) is 5.75 Å². The fourth-order valence-corrected chi connectivity index (χ4v) is 2.33. The Hall–Kier alpha value is -2.19. The fourth-order valence-electron chi connectivity index (χ4n) is 1.52. The molecule has 0 bridgehead atoms. The van der Waals surface area contributed by atoms with E-state index in [0.717, 1.165) is 0 Å². The van der Waals surface area contributed by atoms with Gasteiger partial charge in [0.15, 0.2) is 0 Å². The van der Waals surface area contributed by atoms with Gasteiger partial charge in [0.05, 0.1) is 18.0 Å². The molecule has 1 aromatic heterocycles. The summed E-state index contributed by atoms with van der Waals surface area (Å²) >= 11 is 0. The third-order valence-electron chi connectivity index (χ3n) is 2.60. The summed E-state index contributed by atoms with van der Waals surface area (Å²) in [6.45, 7) is 0.164. The van der Waals surface area contributed by atoms with Gasteiger partial charge in [-0.1, -0.05) is 0 Å². The lowest BCUT2D eigenvalue weighted by Gasteiger charge is -2.08. The molecular formula is C13H16N4O3S. The zero-order valence-corrected chi connectivity index (χ0v) is 12.1. The lowest BCUT2D eigenvalue weighted by Crippen LogP contribution is -2.29. The average Bonchev–Trinajstić information content (AvgIpc) is 2.48. The maximum absolute atomic E-state index is 11.8. The summed E-state index contributed by atoms with van der Waals surface area (Å²) in [6.07, 6.45) is 1.53. The molecule has 1 aromatic carbocycles.